The number of benzene rings is 16. The second-order valence-corrected chi connectivity index (χ2v) is 25.4. The molecule has 0 spiro atoms. The van der Waals surface area contributed by atoms with E-state index in [2.05, 4.69) is 206 Å². The van der Waals surface area contributed by atoms with Crippen LogP contribution in [0.3, 0.4) is 0 Å². The molecule has 0 bridgehead atoms. The number of hydrogen-bond donors (Lipinski definition) is 2. The largest absolute Gasteiger partial charge is 0.488 e. The molecular weight excluding hydrogens is 1270 g/mol. The van der Waals surface area contributed by atoms with E-state index in [4.69, 9.17) is 35.7 Å². The van der Waals surface area contributed by atoms with Gasteiger partial charge in [-0.1, -0.05) is 266 Å². The van der Waals surface area contributed by atoms with Crippen molar-refractivity contribution >= 4 is 89.5 Å². The molecule has 0 saturated heterocycles. The lowest BCUT2D eigenvalue weighted by atomic mass is 9.79. The van der Waals surface area contributed by atoms with Gasteiger partial charge < -0.3 is 18.9 Å². The third-order valence-electron chi connectivity index (χ3n) is 18.7. The van der Waals surface area contributed by atoms with Gasteiger partial charge in [0.1, 0.15) is 11.0 Å². The molecule has 0 aliphatic heterocycles. The number of halogens is 1. The molecule has 16 aromatic carbocycles. The van der Waals surface area contributed by atoms with Crippen molar-refractivity contribution in [1.29, 1.82) is 10.5 Å². The van der Waals surface area contributed by atoms with Crippen molar-refractivity contribution in [3.63, 3.8) is 0 Å². The van der Waals surface area contributed by atoms with Crippen LogP contribution >= 0.6 is 11.6 Å². The van der Waals surface area contributed by atoms with Crippen molar-refractivity contribution in [1.82, 2.24) is 9.97 Å². The third-order valence-corrected chi connectivity index (χ3v) is 18.9. The zero-order valence-corrected chi connectivity index (χ0v) is 55.5. The molecule has 2 N–H and O–H groups in total. The fourth-order valence-corrected chi connectivity index (χ4v) is 13.7. The smallest absolute Gasteiger partial charge is 0.436 e. The number of rotatable bonds is 10. The normalized spacial score (nSPS) is 11.1. The highest BCUT2D eigenvalue weighted by Gasteiger charge is 2.20. The molecule has 2 aromatic heterocycles. The van der Waals surface area contributed by atoms with Gasteiger partial charge in [0.05, 0.1) is 23.3 Å². The van der Waals surface area contributed by atoms with Gasteiger partial charge in [0, 0.05) is 33.3 Å². The molecule has 102 heavy (non-hydrogen) atoms. The van der Waals surface area contributed by atoms with E-state index >= 15 is 0 Å². The first-order chi connectivity index (χ1) is 50.2. The quantitative estimate of drug-likeness (QED) is 0.102. The maximum Gasteiger partial charge on any atom is 0.488 e. The minimum absolute atomic E-state index is 0.499. The van der Waals surface area contributed by atoms with Crippen LogP contribution in [0.5, 0.6) is 0 Å². The van der Waals surface area contributed by atoms with Gasteiger partial charge in [0.2, 0.25) is 11.8 Å². The molecule has 0 aliphatic carbocycles. The lowest BCUT2D eigenvalue weighted by Gasteiger charge is -2.12. The van der Waals surface area contributed by atoms with Crippen LogP contribution in [-0.4, -0.2) is 27.1 Å². The van der Waals surface area contributed by atoms with Crippen molar-refractivity contribution in [2.75, 3.05) is 0 Å². The average molecular weight is 1330 g/mol. The van der Waals surface area contributed by atoms with Gasteiger partial charge in [0.15, 0.2) is 11.2 Å². The number of hydrogen-bond acceptors (Lipinski definition) is 8. The third kappa shape index (κ3) is 12.9. The number of nitriles is 2. The molecule has 2 heterocycles. The molecule has 0 fully saturated rings. The molecule has 18 rings (SSSR count). The highest BCUT2D eigenvalue weighted by Crippen LogP contribution is 2.42. The van der Waals surface area contributed by atoms with Crippen LogP contribution in [0, 0.1) is 22.7 Å². The molecule has 0 radical (unpaired) electrons. The molecule has 480 valence electrons. The number of fused-ring (bicyclic) bond motifs is 8. The van der Waals surface area contributed by atoms with Crippen molar-refractivity contribution < 1.29 is 18.9 Å². The number of aromatic nitrogens is 2. The summed E-state index contributed by atoms with van der Waals surface area (Å²) >= 11 is 6.34. The van der Waals surface area contributed by atoms with Gasteiger partial charge in [-0.05, 0) is 194 Å². The van der Waals surface area contributed by atoms with E-state index in [9.17, 15) is 15.3 Å². The van der Waals surface area contributed by atoms with Crippen LogP contribution in [0.25, 0.3) is 166 Å². The van der Waals surface area contributed by atoms with Gasteiger partial charge in [0.25, 0.3) is 0 Å². The van der Waals surface area contributed by atoms with Crippen LogP contribution < -0.4 is 5.46 Å². The maximum atomic E-state index is 9.42. The SMILES string of the molecule is N#Cc1ccc(-c2cc(-c3ccc(-c4cc5ccccc5c5ccccc45)cc3)cc3oc(-c4ccc(-c5ccccc5)cc4)nc23)cc1.N#Cc1ccc(-c2cc(Cl)cc3oc(-c4ccc(-c5ccccc5)cc4)nc23)cc1.OB(O)c1ccc(-c2cc3ccccc3c3ccccc23)cc1. The van der Waals surface area contributed by atoms with E-state index in [1.54, 1.807) is 30.3 Å². The minimum Gasteiger partial charge on any atom is -0.436 e. The average Bonchev–Trinajstić information content (AvgIpc) is 1.24. The van der Waals surface area contributed by atoms with E-state index in [1.165, 1.54) is 59.8 Å². The fraction of sp³-hybridized carbons (Fsp3) is 0. The van der Waals surface area contributed by atoms with E-state index in [-0.39, 0.29) is 0 Å². The summed E-state index contributed by atoms with van der Waals surface area (Å²) in [6.07, 6.45) is 0. The lowest BCUT2D eigenvalue weighted by Crippen LogP contribution is -2.29. The maximum absolute atomic E-state index is 9.42. The van der Waals surface area contributed by atoms with Crippen LogP contribution in [0.15, 0.2) is 349 Å². The summed E-state index contributed by atoms with van der Waals surface area (Å²) in [5.74, 6) is 1.11. The Bertz CT molecular complexity index is 6210. The van der Waals surface area contributed by atoms with Crippen LogP contribution in [0.4, 0.5) is 0 Å². The van der Waals surface area contributed by atoms with Crippen LogP contribution in [0.2, 0.25) is 5.02 Å². The van der Waals surface area contributed by atoms with Crippen molar-refractivity contribution in [3.05, 3.63) is 356 Å². The Balaban J connectivity index is 0.000000129. The number of oxazole rings is 2. The van der Waals surface area contributed by atoms with E-state index in [0.29, 0.717) is 44.6 Å². The summed E-state index contributed by atoms with van der Waals surface area (Å²) < 4.78 is 12.5. The van der Waals surface area contributed by atoms with Crippen LogP contribution in [0.1, 0.15) is 11.1 Å². The fourth-order valence-electron chi connectivity index (χ4n) is 13.5. The molecule has 0 atom stereocenters. The Morgan fingerprint density at radius 1 is 0.284 bits per heavy atom. The lowest BCUT2D eigenvalue weighted by molar-refractivity contribution is 0.426. The Morgan fingerprint density at radius 3 is 1.04 bits per heavy atom. The number of nitrogens with zero attached hydrogens (tertiary/aromatic N) is 4. The predicted octanol–water partition coefficient (Wildman–Crippen LogP) is 23.0. The predicted molar refractivity (Wildman–Crippen MR) is 418 cm³/mol. The summed E-state index contributed by atoms with van der Waals surface area (Å²) in [7, 11) is -1.43. The zero-order valence-electron chi connectivity index (χ0n) is 54.8. The van der Waals surface area contributed by atoms with Gasteiger partial charge >= 0.3 is 7.12 Å². The van der Waals surface area contributed by atoms with Gasteiger partial charge in [-0.3, -0.25) is 0 Å². The Labute approximate surface area is 593 Å². The molecule has 0 aliphatic rings. The Morgan fingerprint density at radius 2 is 0.608 bits per heavy atom. The second kappa shape index (κ2) is 27.9. The summed E-state index contributed by atoms with van der Waals surface area (Å²) in [6, 6.07) is 119. The van der Waals surface area contributed by atoms with E-state index < -0.39 is 7.12 Å². The second-order valence-electron chi connectivity index (χ2n) is 24.9. The molecule has 8 nitrogen and oxygen atoms in total. The monoisotopic (exact) mass is 1330 g/mol. The summed E-state index contributed by atoms with van der Waals surface area (Å²) in [4.78, 5) is 9.77. The topological polar surface area (TPSA) is 140 Å². The van der Waals surface area contributed by atoms with Gasteiger partial charge in [-0.15, -0.1) is 0 Å². The first-order valence-electron chi connectivity index (χ1n) is 33.4. The van der Waals surface area contributed by atoms with Gasteiger partial charge in [-0.2, -0.15) is 10.5 Å². The zero-order chi connectivity index (χ0) is 69.0. The summed E-state index contributed by atoms with van der Waals surface area (Å²) in [6.45, 7) is 0. The molecule has 0 amide bonds. The first kappa shape index (κ1) is 63.5. The van der Waals surface area contributed by atoms with Crippen molar-refractivity contribution in [2.45, 2.75) is 0 Å². The van der Waals surface area contributed by atoms with Crippen molar-refractivity contribution in [2.24, 2.45) is 0 Å². The van der Waals surface area contributed by atoms with Crippen LogP contribution in [-0.2, 0) is 0 Å². The standard InChI is InChI=1S/C46H28N2O.C26H15ClN2O.C20H15BO2/c47-29-30-14-16-35(17-15-30)43-27-38(28-44-45(43)48-46(49-44)36-24-20-32(21-25-36)31-8-2-1-3-9-31)33-18-22-34(23-19-33)42-26-37-10-4-5-11-39(37)40-12-6-7-13-41(40)42;27-22-14-23(20-8-6-17(16-28)7-9-20)25-24(15-22)30-26(29-25)21-12-10-19(11-13-21)18-4-2-1-3-5-18;22-21(23)16-11-9-14(10-12-16)20-13-15-5-1-2-6-17(15)18-7-3-4-8-19(18)20/h1-28H;1-15H;1-13,22-23H. The van der Waals surface area contributed by atoms with E-state index in [0.717, 1.165) is 83.4 Å². The Kier molecular flexibility index (Phi) is 17.4. The minimum atomic E-state index is -1.43. The summed E-state index contributed by atoms with van der Waals surface area (Å²) in [5, 5.41) is 47.4. The van der Waals surface area contributed by atoms with Crippen molar-refractivity contribution in [3.8, 4) is 113 Å². The van der Waals surface area contributed by atoms with E-state index in [1.807, 2.05) is 115 Å². The highest BCUT2D eigenvalue weighted by molar-refractivity contribution is 6.58. The first-order valence-corrected chi connectivity index (χ1v) is 33.8. The molecular formula is C92H58BClN4O4. The molecule has 0 unspecified atom stereocenters. The molecule has 10 heteroatoms. The molecule has 0 saturated carbocycles. The Hall–Kier alpha value is -13.2. The molecule has 18 aromatic rings. The van der Waals surface area contributed by atoms with Gasteiger partial charge in [-0.25, -0.2) is 9.97 Å². The summed E-state index contributed by atoms with van der Waals surface area (Å²) in [5.41, 5.74) is 21.5. The highest BCUT2D eigenvalue weighted by atomic mass is 35.5.